The Morgan fingerprint density at radius 3 is 2.03 bits per heavy atom. The molecule has 1 N–H and O–H groups in total. The number of anilines is 1. The van der Waals surface area contributed by atoms with Gasteiger partial charge in [0.05, 0.1) is 17.0 Å². The first-order valence-electron chi connectivity index (χ1n) is 9.32. The maximum atomic E-state index is 13.2. The smallest absolute Gasteiger partial charge is 0.325 e. The van der Waals surface area contributed by atoms with E-state index in [0.717, 1.165) is 28.6 Å². The Balaban J connectivity index is 1.81. The van der Waals surface area contributed by atoms with Crippen LogP contribution in [0.25, 0.3) is 0 Å². The molecule has 168 valence electrons. The molecule has 1 amide bonds. The van der Waals surface area contributed by atoms with Gasteiger partial charge in [-0.3, -0.25) is 4.79 Å². The van der Waals surface area contributed by atoms with Gasteiger partial charge >= 0.3 is 6.18 Å². The minimum absolute atomic E-state index is 0.0376. The van der Waals surface area contributed by atoms with Gasteiger partial charge in [-0.2, -0.15) is 17.5 Å². The van der Waals surface area contributed by atoms with Crippen molar-refractivity contribution in [2.24, 2.45) is 0 Å². The quantitative estimate of drug-likeness (QED) is 0.515. The summed E-state index contributed by atoms with van der Waals surface area (Å²) >= 11 is 0. The van der Waals surface area contributed by atoms with Crippen LogP contribution in [0.4, 0.5) is 23.2 Å². The highest BCUT2D eigenvalue weighted by molar-refractivity contribution is 7.89. The van der Waals surface area contributed by atoms with Gasteiger partial charge in [0.1, 0.15) is 5.82 Å². The van der Waals surface area contributed by atoms with E-state index in [1.54, 1.807) is 6.07 Å². The molecule has 32 heavy (non-hydrogen) atoms. The lowest BCUT2D eigenvalue weighted by Gasteiger charge is -2.22. The highest BCUT2D eigenvalue weighted by Gasteiger charge is 2.30. The lowest BCUT2D eigenvalue weighted by Crippen LogP contribution is -2.37. The van der Waals surface area contributed by atoms with Crippen LogP contribution in [-0.2, 0) is 27.5 Å². The maximum absolute atomic E-state index is 13.2. The zero-order valence-corrected chi connectivity index (χ0v) is 17.3. The summed E-state index contributed by atoms with van der Waals surface area (Å²) in [6.07, 6.45) is -4.52. The minimum atomic E-state index is -4.52. The fraction of sp³-hybridized carbons (Fsp3) is 0.136. The second kappa shape index (κ2) is 9.49. The number of halogens is 4. The van der Waals surface area contributed by atoms with Crippen LogP contribution in [0.15, 0.2) is 83.8 Å². The third-order valence-electron chi connectivity index (χ3n) is 4.47. The molecule has 0 heterocycles. The van der Waals surface area contributed by atoms with E-state index in [1.807, 2.05) is 0 Å². The summed E-state index contributed by atoms with van der Waals surface area (Å²) in [5, 5.41) is 2.40. The summed E-state index contributed by atoms with van der Waals surface area (Å²) in [6, 6.07) is 16.4. The largest absolute Gasteiger partial charge is 0.416 e. The number of benzene rings is 3. The predicted molar refractivity (Wildman–Crippen MR) is 111 cm³/mol. The second-order valence-electron chi connectivity index (χ2n) is 6.84. The number of nitrogens with zero attached hydrogens (tertiary/aromatic N) is 1. The SMILES string of the molecule is O=C(CN(Cc1ccc(F)cc1)S(=O)(=O)c1ccccc1)Nc1ccc(C(F)(F)F)cc1. The Bertz CT molecular complexity index is 1160. The molecule has 0 spiro atoms. The van der Waals surface area contributed by atoms with Crippen molar-refractivity contribution in [1.82, 2.24) is 4.31 Å². The number of sulfonamides is 1. The van der Waals surface area contributed by atoms with Crippen molar-refractivity contribution in [3.8, 4) is 0 Å². The van der Waals surface area contributed by atoms with Crippen molar-refractivity contribution in [2.45, 2.75) is 17.6 Å². The molecule has 0 radical (unpaired) electrons. The normalized spacial score (nSPS) is 12.0. The lowest BCUT2D eigenvalue weighted by molar-refractivity contribution is -0.137. The number of rotatable bonds is 7. The Labute approximate surface area is 182 Å². The summed E-state index contributed by atoms with van der Waals surface area (Å²) < 4.78 is 78.4. The molecule has 0 aliphatic heterocycles. The molecule has 3 aromatic carbocycles. The number of hydrogen-bond acceptors (Lipinski definition) is 3. The zero-order chi connectivity index (χ0) is 23.4. The number of nitrogens with one attached hydrogen (secondary N) is 1. The molecule has 10 heteroatoms. The average Bonchev–Trinajstić information content (AvgIpc) is 2.75. The number of carbonyl (C=O) groups excluding carboxylic acids is 1. The Kier molecular flexibility index (Phi) is 6.95. The van der Waals surface area contributed by atoms with Crippen LogP contribution < -0.4 is 5.32 Å². The monoisotopic (exact) mass is 466 g/mol. The molecule has 0 aliphatic carbocycles. The van der Waals surface area contributed by atoms with Crippen molar-refractivity contribution in [2.75, 3.05) is 11.9 Å². The molecule has 0 aromatic heterocycles. The van der Waals surface area contributed by atoms with Crippen LogP contribution in [0.1, 0.15) is 11.1 Å². The van der Waals surface area contributed by atoms with Gasteiger partial charge in [-0.15, -0.1) is 0 Å². The van der Waals surface area contributed by atoms with Crippen molar-refractivity contribution in [1.29, 1.82) is 0 Å². The zero-order valence-electron chi connectivity index (χ0n) is 16.5. The third kappa shape index (κ3) is 5.92. The first kappa shape index (κ1) is 23.4. The molecule has 3 aromatic rings. The van der Waals surface area contributed by atoms with E-state index in [9.17, 15) is 30.8 Å². The molecule has 0 bridgehead atoms. The van der Waals surface area contributed by atoms with E-state index in [4.69, 9.17) is 0 Å². The molecule has 0 saturated heterocycles. The summed E-state index contributed by atoms with van der Waals surface area (Å²) in [5.41, 5.74) is -0.338. The van der Waals surface area contributed by atoms with Crippen LogP contribution in [0.2, 0.25) is 0 Å². The van der Waals surface area contributed by atoms with Crippen LogP contribution in [0.5, 0.6) is 0 Å². The highest BCUT2D eigenvalue weighted by Crippen LogP contribution is 2.29. The topological polar surface area (TPSA) is 66.5 Å². The molecule has 5 nitrogen and oxygen atoms in total. The van der Waals surface area contributed by atoms with E-state index in [1.165, 1.54) is 48.5 Å². The molecule has 0 aliphatic rings. The van der Waals surface area contributed by atoms with E-state index < -0.39 is 40.0 Å². The fourth-order valence-corrected chi connectivity index (χ4v) is 4.27. The molecular formula is C22H18F4N2O3S. The van der Waals surface area contributed by atoms with Gasteiger partial charge in [-0.1, -0.05) is 30.3 Å². The molecular weight excluding hydrogens is 448 g/mol. The number of amides is 1. The van der Waals surface area contributed by atoms with E-state index in [-0.39, 0.29) is 17.1 Å². The highest BCUT2D eigenvalue weighted by atomic mass is 32.2. The van der Waals surface area contributed by atoms with Gasteiger partial charge in [0, 0.05) is 12.2 Å². The van der Waals surface area contributed by atoms with Gasteiger partial charge in [-0.05, 0) is 54.1 Å². The molecule has 0 unspecified atom stereocenters. The standard InChI is InChI=1S/C22H18F4N2O3S/c23-18-10-6-16(7-11-18)14-28(32(30,31)20-4-2-1-3-5-20)15-21(29)27-19-12-8-17(9-13-19)22(24,25)26/h1-13H,14-15H2,(H,27,29). The Morgan fingerprint density at radius 2 is 1.47 bits per heavy atom. The van der Waals surface area contributed by atoms with E-state index in [2.05, 4.69) is 5.32 Å². The van der Waals surface area contributed by atoms with Crippen molar-refractivity contribution in [3.05, 3.63) is 95.8 Å². The van der Waals surface area contributed by atoms with E-state index >= 15 is 0 Å². The first-order chi connectivity index (χ1) is 15.1. The summed E-state index contributed by atoms with van der Waals surface area (Å²) in [7, 11) is -4.09. The Hall–Kier alpha value is -3.24. The van der Waals surface area contributed by atoms with Crippen LogP contribution in [-0.4, -0.2) is 25.2 Å². The predicted octanol–water partition coefficient (Wildman–Crippen LogP) is 4.67. The van der Waals surface area contributed by atoms with Crippen molar-refractivity contribution in [3.63, 3.8) is 0 Å². The van der Waals surface area contributed by atoms with Gasteiger partial charge in [0.2, 0.25) is 15.9 Å². The summed E-state index contributed by atoms with van der Waals surface area (Å²) in [5.74, 6) is -1.24. The summed E-state index contributed by atoms with van der Waals surface area (Å²) in [4.78, 5) is 12.5. The van der Waals surface area contributed by atoms with Crippen LogP contribution in [0, 0.1) is 5.82 Å². The molecule has 3 rings (SSSR count). The van der Waals surface area contributed by atoms with Crippen molar-refractivity contribution >= 4 is 21.6 Å². The maximum Gasteiger partial charge on any atom is 0.416 e. The molecule has 0 atom stereocenters. The lowest BCUT2D eigenvalue weighted by atomic mass is 10.2. The van der Waals surface area contributed by atoms with Gasteiger partial charge in [-0.25, -0.2) is 12.8 Å². The van der Waals surface area contributed by atoms with Gasteiger partial charge in [0.15, 0.2) is 0 Å². The molecule has 0 saturated carbocycles. The van der Waals surface area contributed by atoms with Crippen molar-refractivity contribution < 1.29 is 30.8 Å². The Morgan fingerprint density at radius 1 is 0.875 bits per heavy atom. The number of carbonyl (C=O) groups is 1. The number of hydrogen-bond donors (Lipinski definition) is 1. The van der Waals surface area contributed by atoms with Gasteiger partial charge < -0.3 is 5.32 Å². The van der Waals surface area contributed by atoms with E-state index in [0.29, 0.717) is 5.56 Å². The summed E-state index contributed by atoms with van der Waals surface area (Å²) in [6.45, 7) is -0.812. The van der Waals surface area contributed by atoms with Gasteiger partial charge in [0.25, 0.3) is 0 Å². The van der Waals surface area contributed by atoms with Crippen LogP contribution in [0.3, 0.4) is 0 Å². The minimum Gasteiger partial charge on any atom is -0.325 e. The third-order valence-corrected chi connectivity index (χ3v) is 6.28. The second-order valence-corrected chi connectivity index (χ2v) is 8.77. The fourth-order valence-electron chi connectivity index (χ4n) is 2.86. The average molecular weight is 466 g/mol. The van der Waals surface area contributed by atoms with Crippen LogP contribution >= 0.6 is 0 Å². The number of alkyl halides is 3. The first-order valence-corrected chi connectivity index (χ1v) is 10.8. The molecule has 0 fully saturated rings.